The second-order valence-electron chi connectivity index (χ2n) is 9.06. The summed E-state index contributed by atoms with van der Waals surface area (Å²) in [5.41, 5.74) is 2.87. The molecule has 0 unspecified atom stereocenters. The van der Waals surface area contributed by atoms with E-state index in [4.69, 9.17) is 14.2 Å². The molecule has 1 heterocycles. The molecular formula is C29H33FN2O4. The number of nitrogens with zero attached hydrogens (tertiary/aromatic N) is 1. The Morgan fingerprint density at radius 1 is 0.917 bits per heavy atom. The number of rotatable bonds is 10. The van der Waals surface area contributed by atoms with Crippen LogP contribution in [0.5, 0.6) is 17.2 Å². The van der Waals surface area contributed by atoms with Crippen LogP contribution in [0.1, 0.15) is 27.4 Å². The summed E-state index contributed by atoms with van der Waals surface area (Å²) in [4.78, 5) is 15.1. The van der Waals surface area contributed by atoms with Crippen molar-refractivity contribution in [3.05, 3.63) is 89.2 Å². The first kappa shape index (κ1) is 25.5. The van der Waals surface area contributed by atoms with E-state index in [0.29, 0.717) is 12.1 Å². The Kier molecular flexibility index (Phi) is 8.44. The van der Waals surface area contributed by atoms with Gasteiger partial charge in [0.1, 0.15) is 11.6 Å². The summed E-state index contributed by atoms with van der Waals surface area (Å²) < 4.78 is 29.4. The van der Waals surface area contributed by atoms with Crippen LogP contribution in [0.3, 0.4) is 0 Å². The largest absolute Gasteiger partial charge is 0.497 e. The van der Waals surface area contributed by atoms with Crippen LogP contribution in [0, 0.1) is 11.7 Å². The summed E-state index contributed by atoms with van der Waals surface area (Å²) in [6.45, 7) is 3.20. The van der Waals surface area contributed by atoms with Crippen molar-refractivity contribution in [2.75, 3.05) is 47.5 Å². The number of carbonyl (C=O) groups excluding carboxylic acids is 1. The maximum atomic E-state index is 13.2. The highest BCUT2D eigenvalue weighted by Gasteiger charge is 2.33. The number of amides is 1. The van der Waals surface area contributed by atoms with Gasteiger partial charge in [-0.15, -0.1) is 0 Å². The van der Waals surface area contributed by atoms with Gasteiger partial charge < -0.3 is 24.4 Å². The van der Waals surface area contributed by atoms with Crippen molar-refractivity contribution < 1.29 is 23.4 Å². The highest BCUT2D eigenvalue weighted by atomic mass is 19.1. The fourth-order valence-electron chi connectivity index (χ4n) is 4.83. The molecule has 1 aliphatic heterocycles. The molecule has 2 atom stereocenters. The van der Waals surface area contributed by atoms with Gasteiger partial charge in [-0.3, -0.25) is 4.79 Å². The minimum Gasteiger partial charge on any atom is -0.497 e. The Morgan fingerprint density at radius 3 is 2.31 bits per heavy atom. The lowest BCUT2D eigenvalue weighted by atomic mass is 9.89. The van der Waals surface area contributed by atoms with Crippen molar-refractivity contribution in [3.8, 4) is 17.2 Å². The average Bonchev–Trinajstić information content (AvgIpc) is 3.33. The molecule has 1 amide bonds. The highest BCUT2D eigenvalue weighted by molar-refractivity contribution is 5.94. The van der Waals surface area contributed by atoms with E-state index >= 15 is 0 Å². The summed E-state index contributed by atoms with van der Waals surface area (Å²) in [5, 5.41) is 3.06. The van der Waals surface area contributed by atoms with Crippen LogP contribution < -0.4 is 19.5 Å². The maximum absolute atomic E-state index is 13.2. The number of nitrogens with one attached hydrogen (secondary N) is 1. The van der Waals surface area contributed by atoms with E-state index in [1.807, 2.05) is 24.3 Å². The van der Waals surface area contributed by atoms with Gasteiger partial charge in [0.2, 0.25) is 0 Å². The minimum absolute atomic E-state index is 0.188. The zero-order valence-electron chi connectivity index (χ0n) is 21.0. The van der Waals surface area contributed by atoms with Crippen LogP contribution in [0.2, 0.25) is 0 Å². The zero-order chi connectivity index (χ0) is 25.5. The van der Waals surface area contributed by atoms with Crippen LogP contribution >= 0.6 is 0 Å². The summed E-state index contributed by atoms with van der Waals surface area (Å²) in [6, 6.07) is 19.8. The van der Waals surface area contributed by atoms with Gasteiger partial charge in [0.15, 0.2) is 11.5 Å². The van der Waals surface area contributed by atoms with Crippen LogP contribution in [-0.2, 0) is 6.42 Å². The zero-order valence-corrected chi connectivity index (χ0v) is 21.0. The molecule has 0 aromatic heterocycles. The number of ether oxygens (including phenoxy) is 3. The second-order valence-corrected chi connectivity index (χ2v) is 9.06. The van der Waals surface area contributed by atoms with Crippen LogP contribution in [0.4, 0.5) is 4.39 Å². The predicted octanol–water partition coefficient (Wildman–Crippen LogP) is 4.54. The third-order valence-corrected chi connectivity index (χ3v) is 6.86. The lowest BCUT2D eigenvalue weighted by molar-refractivity contribution is 0.0946. The van der Waals surface area contributed by atoms with Crippen molar-refractivity contribution in [1.82, 2.24) is 10.2 Å². The first-order valence-corrected chi connectivity index (χ1v) is 12.1. The van der Waals surface area contributed by atoms with E-state index in [9.17, 15) is 9.18 Å². The molecule has 3 aromatic rings. The van der Waals surface area contributed by atoms with Crippen LogP contribution in [0.25, 0.3) is 0 Å². The molecule has 0 saturated carbocycles. The van der Waals surface area contributed by atoms with E-state index in [2.05, 4.69) is 28.4 Å². The SMILES string of the molecule is COc1ccc([C@H]2CN(CCc3ccc(OC)c(OC)c3)C[C@@H]2CNC(=O)c2ccc(F)cc2)cc1. The first-order chi connectivity index (χ1) is 17.5. The summed E-state index contributed by atoms with van der Waals surface area (Å²) >= 11 is 0. The Hall–Kier alpha value is -3.58. The number of likely N-dealkylation sites (tertiary alicyclic amines) is 1. The third kappa shape index (κ3) is 6.15. The van der Waals surface area contributed by atoms with Gasteiger partial charge >= 0.3 is 0 Å². The van der Waals surface area contributed by atoms with Crippen molar-refractivity contribution >= 4 is 5.91 Å². The van der Waals surface area contributed by atoms with Gasteiger partial charge in [-0.05, 0) is 72.0 Å². The van der Waals surface area contributed by atoms with E-state index in [1.165, 1.54) is 35.4 Å². The maximum Gasteiger partial charge on any atom is 0.251 e. The first-order valence-electron chi connectivity index (χ1n) is 12.1. The van der Waals surface area contributed by atoms with Gasteiger partial charge in [0.25, 0.3) is 5.91 Å². The van der Waals surface area contributed by atoms with Gasteiger partial charge in [0.05, 0.1) is 21.3 Å². The Bertz CT molecular complexity index is 1150. The molecule has 1 saturated heterocycles. The van der Waals surface area contributed by atoms with Gasteiger partial charge in [-0.2, -0.15) is 0 Å². The van der Waals surface area contributed by atoms with Gasteiger partial charge in [-0.25, -0.2) is 4.39 Å². The van der Waals surface area contributed by atoms with E-state index in [1.54, 1.807) is 21.3 Å². The quantitative estimate of drug-likeness (QED) is 0.450. The molecule has 1 aliphatic rings. The van der Waals surface area contributed by atoms with Gasteiger partial charge in [0, 0.05) is 37.7 Å². The molecule has 0 aliphatic carbocycles. The Labute approximate surface area is 212 Å². The van der Waals surface area contributed by atoms with Crippen molar-refractivity contribution in [2.24, 2.45) is 5.92 Å². The molecule has 36 heavy (non-hydrogen) atoms. The fraction of sp³-hybridized carbons (Fsp3) is 0.345. The molecule has 1 fully saturated rings. The number of hydrogen-bond acceptors (Lipinski definition) is 5. The molecule has 0 radical (unpaired) electrons. The smallest absolute Gasteiger partial charge is 0.251 e. The van der Waals surface area contributed by atoms with Gasteiger partial charge in [-0.1, -0.05) is 18.2 Å². The molecule has 3 aromatic carbocycles. The van der Waals surface area contributed by atoms with E-state index in [-0.39, 0.29) is 23.6 Å². The fourth-order valence-corrected chi connectivity index (χ4v) is 4.83. The minimum atomic E-state index is -0.355. The number of methoxy groups -OCH3 is 3. The summed E-state index contributed by atoms with van der Waals surface area (Å²) in [7, 11) is 4.94. The van der Waals surface area contributed by atoms with Crippen LogP contribution in [-0.4, -0.2) is 58.3 Å². The third-order valence-electron chi connectivity index (χ3n) is 6.86. The standard InChI is InChI=1S/C29H33FN2O4/c1-34-25-11-7-21(8-12-25)26-19-32(15-14-20-4-13-27(35-2)28(16-20)36-3)18-23(26)17-31-29(33)22-5-9-24(30)10-6-22/h4-13,16,23,26H,14-15,17-19H2,1-3H3,(H,31,33)/t23-,26+/m0/s1. The molecule has 6 nitrogen and oxygen atoms in total. The lowest BCUT2D eigenvalue weighted by Gasteiger charge is -2.19. The number of benzene rings is 3. The molecule has 1 N–H and O–H groups in total. The summed E-state index contributed by atoms with van der Waals surface area (Å²) in [6.07, 6.45) is 0.879. The van der Waals surface area contributed by atoms with Crippen molar-refractivity contribution in [1.29, 1.82) is 0 Å². The molecule has 0 spiro atoms. The monoisotopic (exact) mass is 492 g/mol. The Morgan fingerprint density at radius 2 is 1.64 bits per heavy atom. The second kappa shape index (κ2) is 11.9. The van der Waals surface area contributed by atoms with E-state index in [0.717, 1.165) is 43.3 Å². The van der Waals surface area contributed by atoms with E-state index < -0.39 is 0 Å². The number of hydrogen-bond donors (Lipinski definition) is 1. The predicted molar refractivity (Wildman–Crippen MR) is 138 cm³/mol. The topological polar surface area (TPSA) is 60.0 Å². The molecule has 4 rings (SSSR count). The Balaban J connectivity index is 1.44. The number of halogens is 1. The molecular weight excluding hydrogens is 459 g/mol. The molecule has 7 heteroatoms. The van der Waals surface area contributed by atoms with Crippen molar-refractivity contribution in [2.45, 2.75) is 12.3 Å². The molecule has 190 valence electrons. The number of carbonyl (C=O) groups is 1. The van der Waals surface area contributed by atoms with Crippen LogP contribution in [0.15, 0.2) is 66.7 Å². The molecule has 0 bridgehead atoms. The normalized spacial score (nSPS) is 17.6. The highest BCUT2D eigenvalue weighted by Crippen LogP contribution is 2.34. The average molecular weight is 493 g/mol. The lowest BCUT2D eigenvalue weighted by Crippen LogP contribution is -2.32. The summed E-state index contributed by atoms with van der Waals surface area (Å²) in [5.74, 6) is 2.25. The van der Waals surface area contributed by atoms with Crippen molar-refractivity contribution in [3.63, 3.8) is 0 Å².